The van der Waals surface area contributed by atoms with Crippen molar-refractivity contribution in [1.29, 1.82) is 0 Å². The molecule has 0 saturated carbocycles. The maximum atomic E-state index is 13.8. The molecule has 3 heterocycles. The van der Waals surface area contributed by atoms with Crippen LogP contribution in [-0.2, 0) is 35.7 Å². The summed E-state index contributed by atoms with van der Waals surface area (Å²) in [6, 6.07) is 17.6. The Labute approximate surface area is 299 Å². The molecule has 52 heavy (non-hydrogen) atoms. The standard InChI is InChI=1S/C37H41N7O8/c1-42-29-19-23(39-33(46)27-11-7-17-43(27)31(45)21-38-36(49)51-2)13-15-25(29)26-16-14-24(20-30(26)42)40-34(47)28-12-8-18-44(28)35(48)32(41-37(50)52-3)22-9-5-4-6-10-22/h4-6,9-10,13-16,19-20,27-28,32H,7-8,11-12,17-18,21H2,1-3H3,(H,38,49)(H,39,46)(H,40,47)(H,41,50)/t27-,28-,32+/m0/s1. The molecule has 0 aliphatic carbocycles. The van der Waals surface area contributed by atoms with Crippen molar-refractivity contribution in [3.05, 3.63) is 72.3 Å². The first kappa shape index (κ1) is 35.7. The molecule has 3 atom stereocenters. The Morgan fingerprint density at radius 3 is 1.83 bits per heavy atom. The van der Waals surface area contributed by atoms with Crippen LogP contribution >= 0.6 is 0 Å². The fourth-order valence-corrected chi connectivity index (χ4v) is 7.05. The van der Waals surface area contributed by atoms with Gasteiger partial charge in [-0.15, -0.1) is 0 Å². The molecule has 2 aliphatic rings. The van der Waals surface area contributed by atoms with Crippen molar-refractivity contribution in [2.45, 2.75) is 43.8 Å². The quantitative estimate of drug-likeness (QED) is 0.203. The van der Waals surface area contributed by atoms with E-state index in [0.717, 1.165) is 21.8 Å². The fraction of sp³-hybridized carbons (Fsp3) is 0.351. The second kappa shape index (κ2) is 15.4. The minimum absolute atomic E-state index is 0.263. The molecule has 0 radical (unpaired) electrons. The Balaban J connectivity index is 1.16. The number of nitrogens with zero attached hydrogens (tertiary/aromatic N) is 3. The summed E-state index contributed by atoms with van der Waals surface area (Å²) in [7, 11) is 4.33. The Morgan fingerprint density at radius 2 is 1.27 bits per heavy atom. The van der Waals surface area contributed by atoms with Crippen LogP contribution < -0.4 is 21.3 Å². The number of amides is 6. The lowest BCUT2D eigenvalue weighted by Crippen LogP contribution is -2.48. The number of likely N-dealkylation sites (tertiary alicyclic amines) is 2. The monoisotopic (exact) mass is 711 g/mol. The molecule has 6 rings (SSSR count). The fourth-order valence-electron chi connectivity index (χ4n) is 7.05. The normalized spacial score (nSPS) is 17.4. The van der Waals surface area contributed by atoms with Gasteiger partial charge in [0.25, 0.3) is 5.91 Å². The molecule has 15 heteroatoms. The number of carbonyl (C=O) groups excluding carboxylic acids is 6. The number of benzene rings is 3. The average Bonchev–Trinajstić information content (AvgIpc) is 3.92. The molecule has 4 N–H and O–H groups in total. The van der Waals surface area contributed by atoms with E-state index >= 15 is 0 Å². The van der Waals surface area contributed by atoms with Crippen LogP contribution in [0.25, 0.3) is 21.8 Å². The average molecular weight is 712 g/mol. The largest absolute Gasteiger partial charge is 0.453 e. The van der Waals surface area contributed by atoms with Gasteiger partial charge in [0.2, 0.25) is 17.7 Å². The first-order valence-electron chi connectivity index (χ1n) is 17.0. The third-order valence-corrected chi connectivity index (χ3v) is 9.65. The highest BCUT2D eigenvalue weighted by molar-refractivity contribution is 6.11. The number of hydrogen-bond acceptors (Lipinski definition) is 8. The van der Waals surface area contributed by atoms with Crippen LogP contribution in [0.1, 0.15) is 37.3 Å². The Morgan fingerprint density at radius 1 is 0.731 bits per heavy atom. The van der Waals surface area contributed by atoms with E-state index < -0.39 is 36.2 Å². The molecule has 4 aromatic rings. The summed E-state index contributed by atoms with van der Waals surface area (Å²) in [4.78, 5) is 79.9. The summed E-state index contributed by atoms with van der Waals surface area (Å²) in [5, 5.41) is 12.8. The number of ether oxygens (including phenoxy) is 2. The van der Waals surface area contributed by atoms with Gasteiger partial charge in [-0.05, 0) is 55.5 Å². The molecule has 6 amide bonds. The van der Waals surface area contributed by atoms with E-state index in [4.69, 9.17) is 4.74 Å². The van der Waals surface area contributed by atoms with Crippen LogP contribution in [0.4, 0.5) is 21.0 Å². The van der Waals surface area contributed by atoms with Gasteiger partial charge >= 0.3 is 12.2 Å². The van der Waals surface area contributed by atoms with Crippen molar-refractivity contribution in [2.24, 2.45) is 7.05 Å². The molecular formula is C37H41N7O8. The van der Waals surface area contributed by atoms with Crippen molar-refractivity contribution in [1.82, 2.24) is 25.0 Å². The van der Waals surface area contributed by atoms with Crippen molar-refractivity contribution in [2.75, 3.05) is 44.5 Å². The van der Waals surface area contributed by atoms with Crippen LogP contribution in [0.5, 0.6) is 0 Å². The van der Waals surface area contributed by atoms with Gasteiger partial charge < -0.3 is 45.1 Å². The van der Waals surface area contributed by atoms with E-state index in [1.807, 2.05) is 48.0 Å². The highest BCUT2D eigenvalue weighted by atomic mass is 16.5. The highest BCUT2D eigenvalue weighted by Gasteiger charge is 2.39. The van der Waals surface area contributed by atoms with Gasteiger partial charge in [0.1, 0.15) is 24.7 Å². The Bertz CT molecular complexity index is 2030. The van der Waals surface area contributed by atoms with Crippen LogP contribution in [0.2, 0.25) is 0 Å². The summed E-state index contributed by atoms with van der Waals surface area (Å²) < 4.78 is 11.3. The predicted molar refractivity (Wildman–Crippen MR) is 192 cm³/mol. The first-order chi connectivity index (χ1) is 25.1. The summed E-state index contributed by atoms with van der Waals surface area (Å²) >= 11 is 0. The van der Waals surface area contributed by atoms with Gasteiger partial charge in [0.05, 0.1) is 25.3 Å². The van der Waals surface area contributed by atoms with Gasteiger partial charge in [-0.1, -0.05) is 42.5 Å². The number of nitrogens with one attached hydrogen (secondary N) is 4. The molecule has 272 valence electrons. The van der Waals surface area contributed by atoms with Crippen LogP contribution in [-0.4, -0.2) is 96.1 Å². The molecule has 15 nitrogen and oxygen atoms in total. The molecule has 0 bridgehead atoms. The predicted octanol–water partition coefficient (Wildman–Crippen LogP) is 3.64. The number of alkyl carbamates (subject to hydrolysis) is 2. The number of rotatable bonds is 9. The van der Waals surface area contributed by atoms with E-state index in [-0.39, 0.29) is 24.3 Å². The van der Waals surface area contributed by atoms with Crippen LogP contribution in [0.15, 0.2) is 66.7 Å². The Kier molecular flexibility index (Phi) is 10.6. The second-order valence-electron chi connectivity index (χ2n) is 12.8. The van der Waals surface area contributed by atoms with Gasteiger partial charge in [-0.3, -0.25) is 19.2 Å². The SMILES string of the molecule is COC(=O)NCC(=O)N1CCC[C@H]1C(=O)Nc1ccc2c3ccc(NC(=O)[C@@H]4CCCN4C(=O)[C@H](NC(=O)OC)c4ccccc4)cc3n(C)c2c1. The molecule has 2 aliphatic heterocycles. The van der Waals surface area contributed by atoms with E-state index in [2.05, 4.69) is 26.0 Å². The van der Waals surface area contributed by atoms with Gasteiger partial charge in [0.15, 0.2) is 0 Å². The maximum Gasteiger partial charge on any atom is 0.407 e. The molecular weight excluding hydrogens is 670 g/mol. The lowest BCUT2D eigenvalue weighted by Gasteiger charge is -2.28. The first-order valence-corrected chi connectivity index (χ1v) is 17.0. The molecule has 0 unspecified atom stereocenters. The van der Waals surface area contributed by atoms with Crippen molar-refractivity contribution < 1.29 is 38.2 Å². The van der Waals surface area contributed by atoms with Crippen LogP contribution in [0, 0.1) is 0 Å². The zero-order valence-electron chi connectivity index (χ0n) is 29.1. The van der Waals surface area contributed by atoms with Crippen molar-refractivity contribution >= 4 is 69.0 Å². The van der Waals surface area contributed by atoms with E-state index in [1.165, 1.54) is 24.0 Å². The number of carbonyl (C=O) groups is 6. The molecule has 2 saturated heterocycles. The second-order valence-corrected chi connectivity index (χ2v) is 12.8. The maximum absolute atomic E-state index is 13.8. The summed E-state index contributed by atoms with van der Waals surface area (Å²) in [5.74, 6) is -1.42. The number of hydrogen-bond donors (Lipinski definition) is 4. The zero-order chi connectivity index (χ0) is 36.9. The number of aromatic nitrogens is 1. The van der Waals surface area contributed by atoms with E-state index in [1.54, 1.807) is 30.3 Å². The van der Waals surface area contributed by atoms with Crippen LogP contribution in [0.3, 0.4) is 0 Å². The number of aryl methyl sites for hydroxylation is 1. The van der Waals surface area contributed by atoms with Gasteiger partial charge in [-0.2, -0.15) is 0 Å². The number of fused-ring (bicyclic) bond motifs is 3. The zero-order valence-corrected chi connectivity index (χ0v) is 29.1. The highest BCUT2D eigenvalue weighted by Crippen LogP contribution is 2.33. The number of methoxy groups -OCH3 is 2. The number of anilines is 2. The van der Waals surface area contributed by atoms with E-state index in [0.29, 0.717) is 55.7 Å². The van der Waals surface area contributed by atoms with E-state index in [9.17, 15) is 28.8 Å². The lowest BCUT2D eigenvalue weighted by molar-refractivity contribution is -0.138. The smallest absolute Gasteiger partial charge is 0.407 e. The molecule has 0 spiro atoms. The Hall–Kier alpha value is -6.12. The topological polar surface area (TPSA) is 180 Å². The summed E-state index contributed by atoms with van der Waals surface area (Å²) in [5.41, 5.74) is 3.37. The minimum Gasteiger partial charge on any atom is -0.453 e. The van der Waals surface area contributed by atoms with Gasteiger partial charge in [-0.25, -0.2) is 9.59 Å². The minimum atomic E-state index is -1.02. The van der Waals surface area contributed by atoms with Crippen molar-refractivity contribution in [3.8, 4) is 0 Å². The summed E-state index contributed by atoms with van der Waals surface area (Å²) in [6.07, 6.45) is 0.803. The lowest BCUT2D eigenvalue weighted by atomic mass is 10.0. The third-order valence-electron chi connectivity index (χ3n) is 9.65. The van der Waals surface area contributed by atoms with Crippen molar-refractivity contribution in [3.63, 3.8) is 0 Å². The molecule has 1 aromatic heterocycles. The third kappa shape index (κ3) is 7.33. The molecule has 2 fully saturated rings. The molecule has 3 aromatic carbocycles. The summed E-state index contributed by atoms with van der Waals surface area (Å²) in [6.45, 7) is 0.518. The van der Waals surface area contributed by atoms with Gasteiger partial charge in [0, 0.05) is 42.3 Å².